The Labute approximate surface area is 143 Å². The minimum Gasteiger partial charge on any atom is -0.503 e. The summed E-state index contributed by atoms with van der Waals surface area (Å²) in [5.74, 6) is -1.28. The molecular formula is C18H16F2O3S. The van der Waals surface area contributed by atoms with Crippen molar-refractivity contribution in [1.29, 1.82) is 0 Å². The lowest BCUT2D eigenvalue weighted by atomic mass is 10.1. The Morgan fingerprint density at radius 3 is 2.62 bits per heavy atom. The third-order valence-corrected chi connectivity index (χ3v) is 4.33. The molecule has 0 saturated carbocycles. The summed E-state index contributed by atoms with van der Waals surface area (Å²) in [5.41, 5.74) is 1.11. The molecule has 0 radical (unpaired) electrons. The van der Waals surface area contributed by atoms with Gasteiger partial charge in [0.25, 0.3) is 0 Å². The van der Waals surface area contributed by atoms with Crippen molar-refractivity contribution in [2.45, 2.75) is 10.6 Å². The van der Waals surface area contributed by atoms with Gasteiger partial charge in [0.1, 0.15) is 17.2 Å². The number of benzene rings is 2. The third kappa shape index (κ3) is 4.35. The van der Waals surface area contributed by atoms with Gasteiger partial charge in [-0.05, 0) is 24.3 Å². The van der Waals surface area contributed by atoms with E-state index >= 15 is 0 Å². The van der Waals surface area contributed by atoms with Gasteiger partial charge in [-0.15, -0.1) is 11.8 Å². The predicted octanol–water partition coefficient (Wildman–Crippen LogP) is 4.42. The maximum atomic E-state index is 13.7. The van der Waals surface area contributed by atoms with E-state index in [-0.39, 0.29) is 16.9 Å². The van der Waals surface area contributed by atoms with Crippen LogP contribution in [0.15, 0.2) is 53.6 Å². The minimum atomic E-state index is -0.540. The molecule has 0 fully saturated rings. The average Bonchev–Trinajstić information content (AvgIpc) is 2.60. The summed E-state index contributed by atoms with van der Waals surface area (Å²) >= 11 is 1.29. The van der Waals surface area contributed by atoms with Gasteiger partial charge < -0.3 is 9.47 Å². The van der Waals surface area contributed by atoms with Gasteiger partial charge in [-0.3, -0.25) is 0 Å². The van der Waals surface area contributed by atoms with Gasteiger partial charge in [0, 0.05) is 21.8 Å². The number of rotatable bonds is 6. The second-order valence-corrected chi connectivity index (χ2v) is 5.80. The van der Waals surface area contributed by atoms with Crippen molar-refractivity contribution in [1.82, 2.24) is 0 Å². The number of carbonyl (C=O) groups excluding carboxylic acids is 1. The molecule has 0 aromatic heterocycles. The summed E-state index contributed by atoms with van der Waals surface area (Å²) in [5, 5.41) is 0. The molecule has 0 aliphatic rings. The normalized spacial score (nSPS) is 11.2. The molecule has 0 heterocycles. The molecule has 0 aliphatic carbocycles. The van der Waals surface area contributed by atoms with Crippen molar-refractivity contribution in [3.8, 4) is 0 Å². The zero-order chi connectivity index (χ0) is 17.5. The molecule has 0 N–H and O–H groups in total. The van der Waals surface area contributed by atoms with Crippen LogP contribution in [0.5, 0.6) is 0 Å². The topological polar surface area (TPSA) is 35.5 Å². The summed E-state index contributed by atoms with van der Waals surface area (Å²) in [6, 6.07) is 10.5. The highest BCUT2D eigenvalue weighted by molar-refractivity contribution is 7.98. The molecule has 0 atom stereocenters. The van der Waals surface area contributed by atoms with Crippen LogP contribution in [-0.2, 0) is 20.0 Å². The maximum absolute atomic E-state index is 13.7. The van der Waals surface area contributed by atoms with Crippen LogP contribution >= 0.6 is 11.8 Å². The number of carbonyl (C=O) groups is 1. The molecule has 0 saturated heterocycles. The SMILES string of the molecule is COC=C(C(=O)OC)c1ccccc1SCc1cc(F)ccc1F. The number of methoxy groups -OCH3 is 2. The van der Waals surface area contributed by atoms with Crippen molar-refractivity contribution in [2.75, 3.05) is 14.2 Å². The molecule has 6 heteroatoms. The van der Waals surface area contributed by atoms with Crippen LogP contribution in [0.4, 0.5) is 8.78 Å². The molecule has 126 valence electrons. The molecule has 0 aliphatic heterocycles. The minimum absolute atomic E-state index is 0.224. The van der Waals surface area contributed by atoms with Gasteiger partial charge in [0.15, 0.2) is 0 Å². The Morgan fingerprint density at radius 2 is 1.92 bits per heavy atom. The summed E-state index contributed by atoms with van der Waals surface area (Å²) < 4.78 is 36.7. The lowest BCUT2D eigenvalue weighted by Gasteiger charge is -2.11. The molecule has 2 rings (SSSR count). The van der Waals surface area contributed by atoms with Gasteiger partial charge in [-0.25, -0.2) is 13.6 Å². The maximum Gasteiger partial charge on any atom is 0.341 e. The van der Waals surface area contributed by atoms with Crippen LogP contribution in [-0.4, -0.2) is 20.2 Å². The second-order valence-electron chi connectivity index (χ2n) is 4.78. The lowest BCUT2D eigenvalue weighted by Crippen LogP contribution is -2.05. The van der Waals surface area contributed by atoms with E-state index in [1.165, 1.54) is 32.2 Å². The zero-order valence-corrected chi connectivity index (χ0v) is 14.0. The highest BCUT2D eigenvalue weighted by Gasteiger charge is 2.17. The molecule has 2 aromatic carbocycles. The van der Waals surface area contributed by atoms with Crippen molar-refractivity contribution < 1.29 is 23.0 Å². The molecule has 0 unspecified atom stereocenters. The first-order valence-electron chi connectivity index (χ1n) is 7.04. The van der Waals surface area contributed by atoms with E-state index in [2.05, 4.69) is 0 Å². The monoisotopic (exact) mass is 350 g/mol. The Bertz CT molecular complexity index is 760. The molecule has 0 amide bonds. The van der Waals surface area contributed by atoms with Gasteiger partial charge >= 0.3 is 5.97 Å². The fraction of sp³-hybridized carbons (Fsp3) is 0.167. The average molecular weight is 350 g/mol. The third-order valence-electron chi connectivity index (χ3n) is 3.21. The van der Waals surface area contributed by atoms with E-state index < -0.39 is 17.6 Å². The molecule has 0 bridgehead atoms. The van der Waals surface area contributed by atoms with Gasteiger partial charge in [0.2, 0.25) is 0 Å². The first kappa shape index (κ1) is 18.0. The predicted molar refractivity (Wildman–Crippen MR) is 89.4 cm³/mol. The van der Waals surface area contributed by atoms with Gasteiger partial charge in [-0.2, -0.15) is 0 Å². The van der Waals surface area contributed by atoms with Crippen molar-refractivity contribution >= 4 is 23.3 Å². The van der Waals surface area contributed by atoms with Crippen LogP contribution in [0.1, 0.15) is 11.1 Å². The van der Waals surface area contributed by atoms with Crippen LogP contribution in [0.2, 0.25) is 0 Å². The van der Waals surface area contributed by atoms with Crippen LogP contribution in [0.25, 0.3) is 5.57 Å². The highest BCUT2D eigenvalue weighted by Crippen LogP contribution is 2.32. The van der Waals surface area contributed by atoms with E-state index in [0.29, 0.717) is 5.56 Å². The Kier molecular flexibility index (Phi) is 6.37. The summed E-state index contributed by atoms with van der Waals surface area (Å²) in [4.78, 5) is 12.7. The van der Waals surface area contributed by atoms with Crippen LogP contribution < -0.4 is 0 Å². The second kappa shape index (κ2) is 8.49. The van der Waals surface area contributed by atoms with Crippen LogP contribution in [0, 0.1) is 11.6 Å². The Balaban J connectivity index is 2.30. The zero-order valence-electron chi connectivity index (χ0n) is 13.2. The summed E-state index contributed by atoms with van der Waals surface area (Å²) in [6.45, 7) is 0. The number of hydrogen-bond donors (Lipinski definition) is 0. The quantitative estimate of drug-likeness (QED) is 0.334. The number of hydrogen-bond acceptors (Lipinski definition) is 4. The summed E-state index contributed by atoms with van der Waals surface area (Å²) in [6.07, 6.45) is 1.30. The Hall–Kier alpha value is -2.34. The molecule has 2 aromatic rings. The fourth-order valence-corrected chi connectivity index (χ4v) is 3.11. The highest BCUT2D eigenvalue weighted by atomic mass is 32.2. The Morgan fingerprint density at radius 1 is 1.17 bits per heavy atom. The van der Waals surface area contributed by atoms with Crippen molar-refractivity contribution in [2.24, 2.45) is 0 Å². The molecule has 0 spiro atoms. The van der Waals surface area contributed by atoms with Gasteiger partial charge in [0.05, 0.1) is 20.5 Å². The standard InChI is InChI=1S/C18H16F2O3S/c1-22-10-15(18(21)23-2)14-5-3-4-6-17(14)24-11-12-9-13(19)7-8-16(12)20/h3-10H,11H2,1-2H3. The van der Waals surface area contributed by atoms with Gasteiger partial charge in [-0.1, -0.05) is 18.2 Å². The largest absolute Gasteiger partial charge is 0.503 e. The van der Waals surface area contributed by atoms with Crippen molar-refractivity contribution in [3.63, 3.8) is 0 Å². The van der Waals surface area contributed by atoms with Crippen LogP contribution in [0.3, 0.4) is 0 Å². The molecule has 24 heavy (non-hydrogen) atoms. The van der Waals surface area contributed by atoms with E-state index in [9.17, 15) is 13.6 Å². The van der Waals surface area contributed by atoms with E-state index in [1.54, 1.807) is 24.3 Å². The lowest BCUT2D eigenvalue weighted by molar-refractivity contribution is -0.133. The number of esters is 1. The van der Waals surface area contributed by atoms with E-state index in [1.807, 2.05) is 0 Å². The first-order valence-corrected chi connectivity index (χ1v) is 8.02. The molecule has 3 nitrogen and oxygen atoms in total. The number of ether oxygens (including phenoxy) is 2. The molecular weight excluding hydrogens is 334 g/mol. The first-order chi connectivity index (χ1) is 11.6. The van der Waals surface area contributed by atoms with E-state index in [0.717, 1.165) is 23.1 Å². The summed E-state index contributed by atoms with van der Waals surface area (Å²) in [7, 11) is 2.71. The fourth-order valence-electron chi connectivity index (χ4n) is 2.07. The van der Waals surface area contributed by atoms with E-state index in [4.69, 9.17) is 9.47 Å². The number of halogens is 2. The van der Waals surface area contributed by atoms with Crippen molar-refractivity contribution in [3.05, 3.63) is 71.5 Å². The number of thioether (sulfide) groups is 1. The smallest absolute Gasteiger partial charge is 0.341 e.